The molecule has 0 aliphatic heterocycles. The van der Waals surface area contributed by atoms with Crippen LogP contribution in [0.3, 0.4) is 0 Å². The highest BCUT2D eigenvalue weighted by Crippen LogP contribution is 2.28. The molecule has 0 aliphatic rings. The van der Waals surface area contributed by atoms with Crippen molar-refractivity contribution in [2.24, 2.45) is 0 Å². The molecular formula is C16H13FO4. The summed E-state index contributed by atoms with van der Waals surface area (Å²) in [6.45, 7) is 0. The summed E-state index contributed by atoms with van der Waals surface area (Å²) in [4.78, 5) is 22.0. The smallest absolute Gasteiger partial charge is 0.358 e. The molecule has 0 saturated carbocycles. The van der Waals surface area contributed by atoms with Gasteiger partial charge in [-0.05, 0) is 17.5 Å². The summed E-state index contributed by atoms with van der Waals surface area (Å²) in [5.41, 5.74) is -2.23. The SMILES string of the molecule is O=C(O)C(F)(C(=O)O)c1cccc(Cc2ccccc2)c1. The molecule has 5 heteroatoms. The summed E-state index contributed by atoms with van der Waals surface area (Å²) < 4.78 is 14.3. The van der Waals surface area contributed by atoms with Gasteiger partial charge in [-0.1, -0.05) is 54.6 Å². The molecule has 0 atom stereocenters. The van der Waals surface area contributed by atoms with Gasteiger partial charge in [0.2, 0.25) is 0 Å². The van der Waals surface area contributed by atoms with E-state index < -0.39 is 23.2 Å². The Hall–Kier alpha value is -2.69. The molecule has 0 amide bonds. The second kappa shape index (κ2) is 5.75. The summed E-state index contributed by atoms with van der Waals surface area (Å²) in [5, 5.41) is 17.8. The van der Waals surface area contributed by atoms with Crippen molar-refractivity contribution in [1.29, 1.82) is 0 Å². The first-order chi connectivity index (χ1) is 9.94. The standard InChI is InChI=1S/C16H13FO4/c17-16(14(18)19,15(20)21)13-8-4-7-12(10-13)9-11-5-2-1-3-6-11/h1-8,10H,9H2,(H,18,19)(H,20,21). The summed E-state index contributed by atoms with van der Waals surface area (Å²) in [5.74, 6) is -4.07. The van der Waals surface area contributed by atoms with Gasteiger partial charge in [0.25, 0.3) is 0 Å². The molecule has 0 saturated heterocycles. The molecule has 0 aliphatic carbocycles. The Bertz CT molecular complexity index is 653. The van der Waals surface area contributed by atoms with Crippen molar-refractivity contribution in [3.8, 4) is 0 Å². The molecule has 0 spiro atoms. The van der Waals surface area contributed by atoms with Crippen molar-refractivity contribution in [1.82, 2.24) is 0 Å². The zero-order valence-corrected chi connectivity index (χ0v) is 11.0. The van der Waals surface area contributed by atoms with E-state index in [2.05, 4.69) is 0 Å². The lowest BCUT2D eigenvalue weighted by Gasteiger charge is -2.17. The Balaban J connectivity index is 2.37. The number of benzene rings is 2. The van der Waals surface area contributed by atoms with E-state index in [1.807, 2.05) is 30.3 Å². The van der Waals surface area contributed by atoms with Crippen molar-refractivity contribution in [2.45, 2.75) is 12.1 Å². The van der Waals surface area contributed by atoms with E-state index >= 15 is 0 Å². The van der Waals surface area contributed by atoms with Gasteiger partial charge in [-0.2, -0.15) is 0 Å². The zero-order valence-electron chi connectivity index (χ0n) is 11.0. The minimum atomic E-state index is -3.44. The van der Waals surface area contributed by atoms with Crippen molar-refractivity contribution in [3.63, 3.8) is 0 Å². The van der Waals surface area contributed by atoms with E-state index in [4.69, 9.17) is 10.2 Å². The summed E-state index contributed by atoms with van der Waals surface area (Å²) in [6, 6.07) is 14.9. The van der Waals surface area contributed by atoms with Crippen LogP contribution in [0.4, 0.5) is 4.39 Å². The molecule has 0 unspecified atom stereocenters. The van der Waals surface area contributed by atoms with Gasteiger partial charge >= 0.3 is 17.6 Å². The molecular weight excluding hydrogens is 275 g/mol. The molecule has 2 N–H and O–H groups in total. The third-order valence-electron chi connectivity index (χ3n) is 3.17. The van der Waals surface area contributed by atoms with Gasteiger partial charge in [-0.3, -0.25) is 0 Å². The van der Waals surface area contributed by atoms with Crippen LogP contribution in [-0.2, 0) is 21.7 Å². The van der Waals surface area contributed by atoms with Crippen molar-refractivity contribution in [3.05, 3.63) is 71.3 Å². The number of carbonyl (C=O) groups is 2. The molecule has 0 radical (unpaired) electrons. The van der Waals surface area contributed by atoms with Crippen LogP contribution in [0.25, 0.3) is 0 Å². The van der Waals surface area contributed by atoms with Crippen molar-refractivity contribution >= 4 is 11.9 Å². The molecule has 2 aromatic carbocycles. The first-order valence-corrected chi connectivity index (χ1v) is 6.23. The number of hydrogen-bond acceptors (Lipinski definition) is 2. The largest absolute Gasteiger partial charge is 0.478 e. The number of aliphatic carboxylic acids is 2. The number of rotatable bonds is 5. The zero-order chi connectivity index (χ0) is 15.5. The fourth-order valence-electron chi connectivity index (χ4n) is 2.07. The van der Waals surface area contributed by atoms with Crippen LogP contribution in [0.1, 0.15) is 16.7 Å². The molecule has 108 valence electrons. The number of carboxylic acids is 2. The van der Waals surface area contributed by atoms with E-state index in [-0.39, 0.29) is 0 Å². The van der Waals surface area contributed by atoms with Crippen molar-refractivity contribution in [2.75, 3.05) is 0 Å². The van der Waals surface area contributed by atoms with Crippen molar-refractivity contribution < 1.29 is 24.2 Å². The lowest BCUT2D eigenvalue weighted by Crippen LogP contribution is -2.39. The van der Waals surface area contributed by atoms with Gasteiger partial charge in [0.05, 0.1) is 0 Å². The molecule has 4 nitrogen and oxygen atoms in total. The second-order valence-corrected chi connectivity index (χ2v) is 4.63. The number of halogens is 1. The first-order valence-electron chi connectivity index (χ1n) is 6.23. The summed E-state index contributed by atoms with van der Waals surface area (Å²) in [7, 11) is 0. The predicted octanol–water partition coefficient (Wildman–Crippen LogP) is 2.61. The number of carboxylic acid groups (broad SMARTS) is 2. The van der Waals surface area contributed by atoms with Crippen LogP contribution in [0.5, 0.6) is 0 Å². The molecule has 0 bridgehead atoms. The van der Waals surface area contributed by atoms with Gasteiger partial charge in [0.1, 0.15) is 0 Å². The van der Waals surface area contributed by atoms with Gasteiger partial charge in [0.15, 0.2) is 0 Å². The third-order valence-corrected chi connectivity index (χ3v) is 3.17. The minimum Gasteiger partial charge on any atom is -0.478 e. The molecule has 2 aromatic rings. The Kier molecular flexibility index (Phi) is 4.03. The first kappa shape index (κ1) is 14.7. The Morgan fingerprint density at radius 2 is 1.48 bits per heavy atom. The highest BCUT2D eigenvalue weighted by atomic mass is 19.1. The monoisotopic (exact) mass is 288 g/mol. The lowest BCUT2D eigenvalue weighted by atomic mass is 9.93. The number of hydrogen-bond donors (Lipinski definition) is 2. The Labute approximate surface area is 120 Å². The van der Waals surface area contributed by atoms with Crippen LogP contribution in [0.15, 0.2) is 54.6 Å². The van der Waals surface area contributed by atoms with Gasteiger partial charge in [0, 0.05) is 5.56 Å². The van der Waals surface area contributed by atoms with E-state index in [9.17, 15) is 14.0 Å². The lowest BCUT2D eigenvalue weighted by molar-refractivity contribution is -0.167. The van der Waals surface area contributed by atoms with Crippen LogP contribution in [0.2, 0.25) is 0 Å². The maximum Gasteiger partial charge on any atom is 0.358 e. The van der Waals surface area contributed by atoms with Crippen LogP contribution in [-0.4, -0.2) is 22.2 Å². The Morgan fingerprint density at radius 3 is 2.05 bits per heavy atom. The minimum absolute atomic E-state index is 0.393. The Morgan fingerprint density at radius 1 is 0.905 bits per heavy atom. The van der Waals surface area contributed by atoms with E-state index in [0.29, 0.717) is 12.0 Å². The average Bonchev–Trinajstić information content (AvgIpc) is 2.47. The molecule has 2 rings (SSSR count). The predicted molar refractivity (Wildman–Crippen MR) is 73.7 cm³/mol. The topological polar surface area (TPSA) is 74.6 Å². The summed E-state index contributed by atoms with van der Waals surface area (Å²) >= 11 is 0. The highest BCUT2D eigenvalue weighted by molar-refractivity contribution is 6.02. The summed E-state index contributed by atoms with van der Waals surface area (Å²) in [6.07, 6.45) is 0.462. The third kappa shape index (κ3) is 2.91. The van der Waals surface area contributed by atoms with Gasteiger partial charge in [-0.25, -0.2) is 14.0 Å². The molecule has 0 heterocycles. The maximum atomic E-state index is 14.3. The van der Waals surface area contributed by atoms with Crippen LogP contribution < -0.4 is 0 Å². The average molecular weight is 288 g/mol. The van der Waals surface area contributed by atoms with Gasteiger partial charge in [-0.15, -0.1) is 0 Å². The van der Waals surface area contributed by atoms with E-state index in [0.717, 1.165) is 11.6 Å². The highest BCUT2D eigenvalue weighted by Gasteiger charge is 2.49. The molecule has 21 heavy (non-hydrogen) atoms. The van der Waals surface area contributed by atoms with Crippen LogP contribution >= 0.6 is 0 Å². The van der Waals surface area contributed by atoms with E-state index in [1.165, 1.54) is 12.1 Å². The van der Waals surface area contributed by atoms with E-state index in [1.54, 1.807) is 6.07 Å². The molecule has 0 fully saturated rings. The van der Waals surface area contributed by atoms with Crippen LogP contribution in [0, 0.1) is 0 Å². The normalized spacial score (nSPS) is 11.1. The fourth-order valence-corrected chi connectivity index (χ4v) is 2.07. The molecule has 0 aromatic heterocycles. The second-order valence-electron chi connectivity index (χ2n) is 4.63. The van der Waals surface area contributed by atoms with Gasteiger partial charge < -0.3 is 10.2 Å². The maximum absolute atomic E-state index is 14.3. The quantitative estimate of drug-likeness (QED) is 0.829. The number of alkyl halides is 1. The fraction of sp³-hybridized carbons (Fsp3) is 0.125.